The number of carbonyl (C=O) groups is 3. The molecule has 11 heteroatoms. The first kappa shape index (κ1) is 23.3. The molecular formula is C21H24ClN5O5. The Kier molecular flexibility index (Phi) is 7.14. The molecule has 1 aromatic heterocycles. The van der Waals surface area contributed by atoms with E-state index >= 15 is 0 Å². The highest BCUT2D eigenvalue weighted by Crippen LogP contribution is 2.29. The average molecular weight is 462 g/mol. The summed E-state index contributed by atoms with van der Waals surface area (Å²) in [6.07, 6.45) is 0.335. The number of rotatable bonds is 5. The first-order valence-electron chi connectivity index (χ1n) is 10.00. The number of amides is 3. The van der Waals surface area contributed by atoms with Crippen molar-refractivity contribution in [2.24, 2.45) is 11.7 Å². The molecule has 1 aromatic carbocycles. The zero-order chi connectivity index (χ0) is 23.4. The number of aromatic nitrogens is 2. The number of nitrogens with two attached hydrogens (primary N) is 1. The zero-order valence-corrected chi connectivity index (χ0v) is 18.5. The van der Waals surface area contributed by atoms with E-state index in [9.17, 15) is 19.2 Å². The van der Waals surface area contributed by atoms with Gasteiger partial charge in [-0.05, 0) is 38.0 Å². The minimum Gasteiger partial charge on any atom is -0.453 e. The molecule has 1 fully saturated rings. The number of hydrogen-bond acceptors (Lipinski definition) is 6. The predicted octanol–water partition coefficient (Wildman–Crippen LogP) is 1.77. The monoisotopic (exact) mass is 461 g/mol. The molecule has 3 rings (SSSR count). The highest BCUT2D eigenvalue weighted by atomic mass is 35.5. The van der Waals surface area contributed by atoms with E-state index < -0.39 is 11.7 Å². The number of nitrogens with one attached hydrogen (secondary N) is 1. The van der Waals surface area contributed by atoms with Crippen LogP contribution in [0.15, 0.2) is 29.1 Å². The standard InChI is InChI=1S/C21H24ClN5O5/c1-12-24-17(15-4-3-14(22)9-16(15)25-21(31)32-2)10-18(28)27(12)11-19(29)26-7-5-13(6-8-26)20(23)30/h3-4,9-10,13H,5-8,11H2,1-2H3,(H2,23,30)(H,25,31). The molecule has 170 valence electrons. The maximum atomic E-state index is 12.8. The van der Waals surface area contributed by atoms with Crippen LogP contribution >= 0.6 is 11.6 Å². The molecule has 0 saturated carbocycles. The number of nitrogens with zero attached hydrogens (tertiary/aromatic N) is 3. The predicted molar refractivity (Wildman–Crippen MR) is 118 cm³/mol. The Morgan fingerprint density at radius 2 is 1.94 bits per heavy atom. The summed E-state index contributed by atoms with van der Waals surface area (Å²) in [5.41, 5.74) is 6.06. The van der Waals surface area contributed by atoms with E-state index in [1.807, 2.05) is 0 Å². The van der Waals surface area contributed by atoms with Crippen molar-refractivity contribution in [3.05, 3.63) is 45.5 Å². The van der Waals surface area contributed by atoms with Gasteiger partial charge in [0.15, 0.2) is 0 Å². The Morgan fingerprint density at radius 1 is 1.25 bits per heavy atom. The molecular weight excluding hydrogens is 438 g/mol. The fourth-order valence-corrected chi connectivity index (χ4v) is 3.78. The van der Waals surface area contributed by atoms with Gasteiger partial charge in [-0.25, -0.2) is 9.78 Å². The van der Waals surface area contributed by atoms with Crippen molar-refractivity contribution in [3.63, 3.8) is 0 Å². The second-order valence-corrected chi connectivity index (χ2v) is 7.91. The fourth-order valence-electron chi connectivity index (χ4n) is 3.60. The van der Waals surface area contributed by atoms with Crippen molar-refractivity contribution in [2.75, 3.05) is 25.5 Å². The molecule has 0 atom stereocenters. The lowest BCUT2D eigenvalue weighted by atomic mass is 9.96. The van der Waals surface area contributed by atoms with Crippen molar-refractivity contribution >= 4 is 35.2 Å². The topological polar surface area (TPSA) is 137 Å². The number of carbonyl (C=O) groups excluding carboxylic acids is 3. The van der Waals surface area contributed by atoms with E-state index in [2.05, 4.69) is 15.0 Å². The first-order valence-corrected chi connectivity index (χ1v) is 10.4. The molecule has 0 bridgehead atoms. The van der Waals surface area contributed by atoms with Crippen LogP contribution in [-0.2, 0) is 20.9 Å². The van der Waals surface area contributed by atoms with Gasteiger partial charge in [0.1, 0.15) is 12.4 Å². The number of methoxy groups -OCH3 is 1. The molecule has 0 aliphatic carbocycles. The van der Waals surface area contributed by atoms with Crippen LogP contribution < -0.4 is 16.6 Å². The molecule has 2 aromatic rings. The summed E-state index contributed by atoms with van der Waals surface area (Å²) in [6.45, 7) is 2.30. The van der Waals surface area contributed by atoms with Crippen molar-refractivity contribution in [3.8, 4) is 11.3 Å². The average Bonchev–Trinajstić information content (AvgIpc) is 2.76. The third kappa shape index (κ3) is 5.25. The highest BCUT2D eigenvalue weighted by Gasteiger charge is 2.26. The smallest absolute Gasteiger partial charge is 0.411 e. The number of aryl methyl sites for hydroxylation is 1. The third-order valence-electron chi connectivity index (χ3n) is 5.42. The summed E-state index contributed by atoms with van der Waals surface area (Å²) in [5, 5.41) is 2.94. The van der Waals surface area contributed by atoms with Gasteiger partial charge in [-0.15, -0.1) is 0 Å². The Balaban J connectivity index is 1.82. The summed E-state index contributed by atoms with van der Waals surface area (Å²) in [7, 11) is 1.23. The lowest BCUT2D eigenvalue weighted by molar-refractivity contribution is -0.135. The first-order chi connectivity index (χ1) is 15.2. The number of primary amides is 1. The van der Waals surface area contributed by atoms with Crippen LogP contribution in [0.1, 0.15) is 18.7 Å². The van der Waals surface area contributed by atoms with Crippen molar-refractivity contribution in [2.45, 2.75) is 26.3 Å². The van der Waals surface area contributed by atoms with Crippen LogP contribution in [-0.4, -0.2) is 52.6 Å². The molecule has 0 unspecified atom stereocenters. The quantitative estimate of drug-likeness (QED) is 0.696. The van der Waals surface area contributed by atoms with E-state index in [0.29, 0.717) is 53.7 Å². The molecule has 0 radical (unpaired) electrons. The molecule has 1 aliphatic rings. The Hall–Kier alpha value is -3.40. The number of hydrogen-bond donors (Lipinski definition) is 2. The number of anilines is 1. The van der Waals surface area contributed by atoms with Gasteiger partial charge in [0.25, 0.3) is 5.56 Å². The van der Waals surface area contributed by atoms with Gasteiger partial charge in [-0.3, -0.25) is 24.3 Å². The summed E-state index contributed by atoms with van der Waals surface area (Å²) >= 11 is 6.03. The minimum absolute atomic E-state index is 0.160. The van der Waals surface area contributed by atoms with Gasteiger partial charge in [0.2, 0.25) is 11.8 Å². The fraction of sp³-hybridized carbons (Fsp3) is 0.381. The van der Waals surface area contributed by atoms with Gasteiger partial charge in [0, 0.05) is 35.7 Å². The molecule has 10 nitrogen and oxygen atoms in total. The molecule has 32 heavy (non-hydrogen) atoms. The third-order valence-corrected chi connectivity index (χ3v) is 5.66. The molecule has 3 amide bonds. The van der Waals surface area contributed by atoms with Gasteiger partial charge >= 0.3 is 6.09 Å². The highest BCUT2D eigenvalue weighted by molar-refractivity contribution is 6.31. The molecule has 3 N–H and O–H groups in total. The van der Waals surface area contributed by atoms with E-state index in [0.717, 1.165) is 0 Å². The van der Waals surface area contributed by atoms with E-state index in [4.69, 9.17) is 17.3 Å². The lowest BCUT2D eigenvalue weighted by Crippen LogP contribution is -2.44. The van der Waals surface area contributed by atoms with E-state index in [1.54, 1.807) is 24.0 Å². The van der Waals surface area contributed by atoms with Gasteiger partial charge in [-0.1, -0.05) is 11.6 Å². The Bertz CT molecular complexity index is 1110. The largest absolute Gasteiger partial charge is 0.453 e. The number of likely N-dealkylation sites (tertiary alicyclic amines) is 1. The van der Waals surface area contributed by atoms with Crippen molar-refractivity contribution < 1.29 is 19.1 Å². The van der Waals surface area contributed by atoms with Crippen LogP contribution in [0.2, 0.25) is 5.02 Å². The molecule has 2 heterocycles. The van der Waals surface area contributed by atoms with E-state index in [1.165, 1.54) is 23.8 Å². The second-order valence-electron chi connectivity index (χ2n) is 7.48. The number of ether oxygens (including phenoxy) is 1. The SMILES string of the molecule is COC(=O)Nc1cc(Cl)ccc1-c1cc(=O)n(CC(=O)N2CCC(C(N)=O)CC2)c(C)n1. The second kappa shape index (κ2) is 9.82. The van der Waals surface area contributed by atoms with Crippen molar-refractivity contribution in [1.82, 2.24) is 14.5 Å². The van der Waals surface area contributed by atoms with Gasteiger partial charge in [0.05, 0.1) is 18.5 Å². The van der Waals surface area contributed by atoms with Gasteiger partial charge in [-0.2, -0.15) is 0 Å². The van der Waals surface area contributed by atoms with Crippen LogP contribution in [0.25, 0.3) is 11.3 Å². The Morgan fingerprint density at radius 3 is 2.53 bits per heavy atom. The van der Waals surface area contributed by atoms with Crippen LogP contribution in [0.5, 0.6) is 0 Å². The molecule has 1 saturated heterocycles. The summed E-state index contributed by atoms with van der Waals surface area (Å²) in [6, 6.07) is 6.06. The maximum absolute atomic E-state index is 12.8. The van der Waals surface area contributed by atoms with E-state index in [-0.39, 0.29) is 24.3 Å². The van der Waals surface area contributed by atoms with Crippen LogP contribution in [0, 0.1) is 12.8 Å². The normalized spacial score (nSPS) is 14.2. The number of halogens is 1. The van der Waals surface area contributed by atoms with Crippen LogP contribution in [0.4, 0.5) is 10.5 Å². The molecule has 1 aliphatic heterocycles. The van der Waals surface area contributed by atoms with Crippen molar-refractivity contribution in [1.29, 1.82) is 0 Å². The number of benzene rings is 1. The lowest BCUT2D eigenvalue weighted by Gasteiger charge is -2.30. The minimum atomic E-state index is -0.690. The van der Waals surface area contributed by atoms with Gasteiger partial charge < -0.3 is 15.4 Å². The maximum Gasteiger partial charge on any atom is 0.411 e. The number of piperidine rings is 1. The van der Waals surface area contributed by atoms with Crippen LogP contribution in [0.3, 0.4) is 0 Å². The molecule has 0 spiro atoms. The summed E-state index contributed by atoms with van der Waals surface area (Å²) < 4.78 is 5.91. The summed E-state index contributed by atoms with van der Waals surface area (Å²) in [4.78, 5) is 54.5. The Labute approximate surface area is 189 Å². The zero-order valence-electron chi connectivity index (χ0n) is 17.8. The summed E-state index contributed by atoms with van der Waals surface area (Å²) in [5.74, 6) is -0.470.